The lowest BCUT2D eigenvalue weighted by Crippen LogP contribution is -2.29. The van der Waals surface area contributed by atoms with E-state index >= 15 is 0 Å². The Morgan fingerprint density at radius 2 is 2.29 bits per heavy atom. The molecule has 0 aliphatic carbocycles. The van der Waals surface area contributed by atoms with Crippen molar-refractivity contribution in [1.29, 1.82) is 5.26 Å². The zero-order valence-electron chi connectivity index (χ0n) is 10.6. The van der Waals surface area contributed by atoms with Gasteiger partial charge in [0.15, 0.2) is 5.16 Å². The van der Waals surface area contributed by atoms with E-state index in [0.717, 1.165) is 16.8 Å². The van der Waals surface area contributed by atoms with Crippen LogP contribution < -0.4 is 10.2 Å². The molecule has 0 aromatic carbocycles. The molecule has 0 amide bonds. The largest absolute Gasteiger partial charge is 0.373 e. The summed E-state index contributed by atoms with van der Waals surface area (Å²) in [5.41, 5.74) is 0. The van der Waals surface area contributed by atoms with Crippen LogP contribution in [0.5, 0.6) is 0 Å². The van der Waals surface area contributed by atoms with Crippen LogP contribution in [0, 0.1) is 11.3 Å². The quantitative estimate of drug-likeness (QED) is 0.637. The number of hydrogen-bond acceptors (Lipinski definition) is 6. The fraction of sp³-hybridized carbons (Fsp3) is 0.545. The number of nitrogens with zero attached hydrogens (tertiary/aromatic N) is 4. The maximum atomic E-state index is 8.71. The molecule has 1 atom stereocenters. The third-order valence-electron chi connectivity index (χ3n) is 2.54. The number of hydrogen-bond donors (Lipinski definition) is 1. The third kappa shape index (κ3) is 3.49. The molecule has 0 spiro atoms. The van der Waals surface area contributed by atoms with Crippen molar-refractivity contribution >= 4 is 23.4 Å². The molecule has 17 heavy (non-hydrogen) atoms. The monoisotopic (exact) mass is 251 g/mol. The van der Waals surface area contributed by atoms with E-state index < -0.39 is 0 Å². The molecule has 6 heteroatoms. The van der Waals surface area contributed by atoms with Gasteiger partial charge in [0.25, 0.3) is 0 Å². The van der Waals surface area contributed by atoms with Crippen LogP contribution in [0.25, 0.3) is 0 Å². The first-order valence-corrected chi connectivity index (χ1v) is 6.55. The minimum absolute atomic E-state index is 0.134. The predicted molar refractivity (Wildman–Crippen MR) is 71.5 cm³/mol. The van der Waals surface area contributed by atoms with Gasteiger partial charge < -0.3 is 10.2 Å². The standard InChI is InChI=1S/C11H17N5S/c1-8(5-6-12)16(3)10-7-9(13-2)14-11(15-10)17-4/h7-8H,5H2,1-4H3,(H,13,14,15). The Hall–Kier alpha value is -1.48. The molecule has 0 saturated carbocycles. The molecule has 0 saturated heterocycles. The van der Waals surface area contributed by atoms with Gasteiger partial charge in [-0.3, -0.25) is 0 Å². The molecule has 5 nitrogen and oxygen atoms in total. The van der Waals surface area contributed by atoms with Crippen molar-refractivity contribution in [2.75, 3.05) is 30.6 Å². The number of anilines is 2. The first-order valence-electron chi connectivity index (χ1n) is 5.33. The highest BCUT2D eigenvalue weighted by atomic mass is 32.2. The van der Waals surface area contributed by atoms with Gasteiger partial charge in [0.05, 0.1) is 12.5 Å². The molecule has 1 aromatic rings. The Bertz CT molecular complexity index is 393. The second kappa shape index (κ2) is 6.30. The zero-order valence-corrected chi connectivity index (χ0v) is 11.4. The second-order valence-electron chi connectivity index (χ2n) is 3.67. The van der Waals surface area contributed by atoms with E-state index in [-0.39, 0.29) is 6.04 Å². The van der Waals surface area contributed by atoms with Crippen LogP contribution in [0.15, 0.2) is 11.2 Å². The van der Waals surface area contributed by atoms with Crippen molar-refractivity contribution in [3.63, 3.8) is 0 Å². The van der Waals surface area contributed by atoms with E-state index in [1.165, 1.54) is 11.8 Å². The highest BCUT2D eigenvalue weighted by Crippen LogP contribution is 2.21. The summed E-state index contributed by atoms with van der Waals surface area (Å²) >= 11 is 1.50. The lowest BCUT2D eigenvalue weighted by atomic mass is 10.2. The SMILES string of the molecule is CNc1cc(N(C)C(C)CC#N)nc(SC)n1. The topological polar surface area (TPSA) is 64.8 Å². The van der Waals surface area contributed by atoms with Crippen molar-refractivity contribution in [1.82, 2.24) is 9.97 Å². The van der Waals surface area contributed by atoms with Gasteiger partial charge in [-0.25, -0.2) is 9.97 Å². The average molecular weight is 251 g/mol. The first kappa shape index (κ1) is 13.6. The fourth-order valence-electron chi connectivity index (χ4n) is 1.31. The van der Waals surface area contributed by atoms with E-state index in [1.54, 1.807) is 0 Å². The van der Waals surface area contributed by atoms with Crippen LogP contribution in [0.4, 0.5) is 11.6 Å². The molecule has 0 aliphatic rings. The maximum Gasteiger partial charge on any atom is 0.191 e. The van der Waals surface area contributed by atoms with Gasteiger partial charge in [-0.15, -0.1) is 0 Å². The Kier molecular flexibility index (Phi) is 5.04. The van der Waals surface area contributed by atoms with Crippen LogP contribution in [0.1, 0.15) is 13.3 Å². The Morgan fingerprint density at radius 3 is 2.82 bits per heavy atom. The lowest BCUT2D eigenvalue weighted by molar-refractivity contribution is 0.688. The summed E-state index contributed by atoms with van der Waals surface area (Å²) in [5, 5.41) is 12.4. The summed E-state index contributed by atoms with van der Waals surface area (Å²) in [7, 11) is 3.77. The molecule has 0 aliphatic heterocycles. The van der Waals surface area contributed by atoms with Crippen LogP contribution in [-0.4, -0.2) is 36.4 Å². The number of aromatic nitrogens is 2. The second-order valence-corrected chi connectivity index (χ2v) is 4.44. The van der Waals surface area contributed by atoms with Crippen molar-refractivity contribution < 1.29 is 0 Å². The molecule has 0 fully saturated rings. The molecule has 0 radical (unpaired) electrons. The smallest absolute Gasteiger partial charge is 0.191 e. The minimum atomic E-state index is 0.134. The zero-order chi connectivity index (χ0) is 12.8. The van der Waals surface area contributed by atoms with Crippen molar-refractivity contribution in [3.05, 3.63) is 6.07 Å². The number of rotatable bonds is 5. The lowest BCUT2D eigenvalue weighted by Gasteiger charge is -2.24. The Balaban J connectivity index is 3.00. The molecule has 0 bridgehead atoms. The van der Waals surface area contributed by atoms with Gasteiger partial charge in [0, 0.05) is 26.2 Å². The predicted octanol–water partition coefficient (Wildman–Crippen LogP) is 1.98. The average Bonchev–Trinajstić information content (AvgIpc) is 2.37. The summed E-state index contributed by atoms with van der Waals surface area (Å²) in [4.78, 5) is 10.7. The van der Waals surface area contributed by atoms with Crippen molar-refractivity contribution in [3.8, 4) is 6.07 Å². The van der Waals surface area contributed by atoms with E-state index in [9.17, 15) is 0 Å². The van der Waals surface area contributed by atoms with Gasteiger partial charge in [-0.1, -0.05) is 11.8 Å². The van der Waals surface area contributed by atoms with E-state index in [1.807, 2.05) is 38.2 Å². The molecule has 1 unspecified atom stereocenters. The van der Waals surface area contributed by atoms with Gasteiger partial charge in [-0.05, 0) is 13.2 Å². The fourth-order valence-corrected chi connectivity index (χ4v) is 1.68. The van der Waals surface area contributed by atoms with E-state index in [4.69, 9.17) is 5.26 Å². The molecular formula is C11H17N5S. The highest BCUT2D eigenvalue weighted by Gasteiger charge is 2.13. The third-order valence-corrected chi connectivity index (χ3v) is 3.09. The van der Waals surface area contributed by atoms with Crippen LogP contribution in [0.3, 0.4) is 0 Å². The van der Waals surface area contributed by atoms with E-state index in [2.05, 4.69) is 21.4 Å². The summed E-state index contributed by atoms with van der Waals surface area (Å²) in [6.45, 7) is 2.00. The first-order chi connectivity index (χ1) is 8.12. The minimum Gasteiger partial charge on any atom is -0.373 e. The van der Waals surface area contributed by atoms with E-state index in [0.29, 0.717) is 6.42 Å². The van der Waals surface area contributed by atoms with Crippen LogP contribution in [0.2, 0.25) is 0 Å². The van der Waals surface area contributed by atoms with Gasteiger partial charge in [0.2, 0.25) is 0 Å². The van der Waals surface area contributed by atoms with Crippen LogP contribution >= 0.6 is 11.8 Å². The Labute approximate surface area is 106 Å². The molecule has 1 aromatic heterocycles. The highest BCUT2D eigenvalue weighted by molar-refractivity contribution is 7.98. The molecular weight excluding hydrogens is 234 g/mol. The van der Waals surface area contributed by atoms with Crippen LogP contribution in [-0.2, 0) is 0 Å². The van der Waals surface area contributed by atoms with Gasteiger partial charge >= 0.3 is 0 Å². The molecule has 92 valence electrons. The summed E-state index contributed by atoms with van der Waals surface area (Å²) in [6.07, 6.45) is 2.42. The van der Waals surface area contributed by atoms with Gasteiger partial charge in [-0.2, -0.15) is 5.26 Å². The molecule has 1 N–H and O–H groups in total. The number of thioether (sulfide) groups is 1. The molecule has 1 rings (SSSR count). The van der Waals surface area contributed by atoms with Crippen molar-refractivity contribution in [2.24, 2.45) is 0 Å². The summed E-state index contributed by atoms with van der Waals surface area (Å²) in [5.74, 6) is 1.62. The Morgan fingerprint density at radius 1 is 1.59 bits per heavy atom. The van der Waals surface area contributed by atoms with Gasteiger partial charge in [0.1, 0.15) is 11.6 Å². The maximum absolute atomic E-state index is 8.71. The number of nitriles is 1. The summed E-state index contributed by atoms with van der Waals surface area (Å²) in [6, 6.07) is 4.19. The van der Waals surface area contributed by atoms with Crippen molar-refractivity contribution in [2.45, 2.75) is 24.5 Å². The molecule has 1 heterocycles. The number of nitrogens with one attached hydrogen (secondary N) is 1. The normalized spacial score (nSPS) is 11.7. The summed E-state index contributed by atoms with van der Waals surface area (Å²) < 4.78 is 0.